The average Bonchev–Trinajstić information content (AvgIpc) is 2.32. The predicted molar refractivity (Wildman–Crippen MR) is 74.7 cm³/mol. The van der Waals surface area contributed by atoms with E-state index in [1.807, 2.05) is 18.2 Å². The molecule has 94 valence electrons. The average molecular weight is 272 g/mol. The minimum atomic E-state index is 0.626. The summed E-state index contributed by atoms with van der Waals surface area (Å²) in [5, 5.41) is 4.90. The van der Waals surface area contributed by atoms with Gasteiger partial charge in [-0.15, -0.1) is 0 Å². The van der Waals surface area contributed by atoms with E-state index in [4.69, 9.17) is 23.2 Å². The molecule has 0 spiro atoms. The van der Waals surface area contributed by atoms with E-state index in [1.165, 1.54) is 31.2 Å². The second kappa shape index (κ2) is 6.08. The molecule has 0 aromatic heterocycles. The van der Waals surface area contributed by atoms with Crippen molar-refractivity contribution in [3.63, 3.8) is 0 Å². The van der Waals surface area contributed by atoms with Gasteiger partial charge in [0, 0.05) is 12.6 Å². The van der Waals surface area contributed by atoms with E-state index in [0.29, 0.717) is 16.1 Å². The lowest BCUT2D eigenvalue weighted by molar-refractivity contribution is 0.279. The maximum Gasteiger partial charge on any atom is 0.0595 e. The van der Waals surface area contributed by atoms with Gasteiger partial charge in [0.25, 0.3) is 0 Å². The van der Waals surface area contributed by atoms with Crippen molar-refractivity contribution >= 4 is 23.2 Å². The molecule has 1 N–H and O–H groups in total. The third kappa shape index (κ3) is 3.61. The number of rotatable bonds is 3. The van der Waals surface area contributed by atoms with Crippen LogP contribution in [0.3, 0.4) is 0 Å². The molecular formula is C14H19Cl2N. The highest BCUT2D eigenvalue weighted by atomic mass is 35.5. The van der Waals surface area contributed by atoms with E-state index in [-0.39, 0.29) is 0 Å². The van der Waals surface area contributed by atoms with E-state index >= 15 is 0 Å². The summed E-state index contributed by atoms with van der Waals surface area (Å²) in [7, 11) is 0. The van der Waals surface area contributed by atoms with Gasteiger partial charge in [0.1, 0.15) is 0 Å². The van der Waals surface area contributed by atoms with Crippen molar-refractivity contribution in [3.8, 4) is 0 Å². The first-order valence-corrected chi connectivity index (χ1v) is 7.09. The highest BCUT2D eigenvalue weighted by Crippen LogP contribution is 2.25. The number of hydrogen-bond donors (Lipinski definition) is 1. The molecule has 1 saturated carbocycles. The number of halogens is 2. The summed E-state index contributed by atoms with van der Waals surface area (Å²) in [6.45, 7) is 3.22. The molecule has 3 heteroatoms. The van der Waals surface area contributed by atoms with Gasteiger partial charge in [0.15, 0.2) is 0 Å². The molecule has 1 aromatic carbocycles. The molecule has 1 aliphatic rings. The molecule has 17 heavy (non-hydrogen) atoms. The van der Waals surface area contributed by atoms with Gasteiger partial charge in [-0.3, -0.25) is 0 Å². The summed E-state index contributed by atoms with van der Waals surface area (Å²) < 4.78 is 0. The zero-order valence-electron chi connectivity index (χ0n) is 10.2. The van der Waals surface area contributed by atoms with E-state index in [2.05, 4.69) is 12.2 Å². The lowest BCUT2D eigenvalue weighted by atomic mass is 9.86. The monoisotopic (exact) mass is 271 g/mol. The quantitative estimate of drug-likeness (QED) is 0.843. The molecule has 1 fully saturated rings. The van der Waals surface area contributed by atoms with E-state index in [0.717, 1.165) is 12.5 Å². The Morgan fingerprint density at radius 2 is 1.94 bits per heavy atom. The fourth-order valence-electron chi connectivity index (χ4n) is 2.52. The maximum atomic E-state index is 6.00. The largest absolute Gasteiger partial charge is 0.310 e. The Morgan fingerprint density at radius 1 is 1.18 bits per heavy atom. The van der Waals surface area contributed by atoms with Crippen LogP contribution < -0.4 is 5.32 Å². The summed E-state index contributed by atoms with van der Waals surface area (Å²) >= 11 is 11.9. The van der Waals surface area contributed by atoms with Crippen LogP contribution in [-0.2, 0) is 6.54 Å². The lowest BCUT2D eigenvalue weighted by Crippen LogP contribution is -2.36. The highest BCUT2D eigenvalue weighted by Gasteiger charge is 2.20. The fraction of sp³-hybridized carbons (Fsp3) is 0.571. The predicted octanol–water partition coefficient (Wildman–Crippen LogP) is 4.66. The van der Waals surface area contributed by atoms with Gasteiger partial charge in [0.2, 0.25) is 0 Å². The normalized spacial score (nSPS) is 24.9. The van der Waals surface area contributed by atoms with Crippen LogP contribution in [-0.4, -0.2) is 6.04 Å². The smallest absolute Gasteiger partial charge is 0.0595 e. The Bertz CT molecular complexity index is 378. The van der Waals surface area contributed by atoms with Gasteiger partial charge in [-0.25, -0.2) is 0 Å². The lowest BCUT2D eigenvalue weighted by Gasteiger charge is -2.29. The van der Waals surface area contributed by atoms with Gasteiger partial charge in [-0.2, -0.15) is 0 Å². The van der Waals surface area contributed by atoms with Crippen molar-refractivity contribution in [2.45, 2.75) is 45.2 Å². The summed E-state index contributed by atoms with van der Waals surface area (Å²) in [5.41, 5.74) is 1.21. The molecule has 0 saturated heterocycles. The van der Waals surface area contributed by atoms with Crippen LogP contribution in [0.4, 0.5) is 0 Å². The Labute approximate surface area is 114 Å². The molecular weight excluding hydrogens is 253 g/mol. The highest BCUT2D eigenvalue weighted by molar-refractivity contribution is 6.42. The molecule has 0 radical (unpaired) electrons. The molecule has 1 nitrogen and oxygen atoms in total. The molecule has 0 heterocycles. The van der Waals surface area contributed by atoms with Gasteiger partial charge in [0.05, 0.1) is 10.0 Å². The first-order valence-electron chi connectivity index (χ1n) is 6.34. The van der Waals surface area contributed by atoms with Crippen molar-refractivity contribution in [1.29, 1.82) is 0 Å². The summed E-state index contributed by atoms with van der Waals surface area (Å²) in [5.74, 6) is 0.784. The fourth-order valence-corrected chi connectivity index (χ4v) is 2.84. The molecule has 1 aliphatic carbocycles. The Hall–Kier alpha value is -0.240. The van der Waals surface area contributed by atoms with Crippen LogP contribution >= 0.6 is 23.2 Å². The van der Waals surface area contributed by atoms with Gasteiger partial charge < -0.3 is 5.32 Å². The second-order valence-corrected chi connectivity index (χ2v) is 5.81. The van der Waals surface area contributed by atoms with Crippen molar-refractivity contribution in [3.05, 3.63) is 33.8 Å². The van der Waals surface area contributed by atoms with Crippen LogP contribution in [0.2, 0.25) is 10.0 Å². The second-order valence-electron chi connectivity index (χ2n) is 5.00. The molecule has 0 aliphatic heterocycles. The van der Waals surface area contributed by atoms with Crippen molar-refractivity contribution in [2.24, 2.45) is 5.92 Å². The van der Waals surface area contributed by atoms with E-state index in [1.54, 1.807) is 0 Å². The minimum Gasteiger partial charge on any atom is -0.310 e. The SMILES string of the molecule is CC1CCCCC1NCc1ccc(Cl)c(Cl)c1. The van der Waals surface area contributed by atoms with Gasteiger partial charge in [-0.05, 0) is 36.5 Å². The number of nitrogens with one attached hydrogen (secondary N) is 1. The maximum absolute atomic E-state index is 6.00. The topological polar surface area (TPSA) is 12.0 Å². The third-order valence-electron chi connectivity index (χ3n) is 3.66. The van der Waals surface area contributed by atoms with Crippen LogP contribution in [0.25, 0.3) is 0 Å². The Kier molecular flexibility index (Phi) is 4.72. The van der Waals surface area contributed by atoms with Crippen LogP contribution in [0.1, 0.15) is 38.2 Å². The first-order chi connectivity index (χ1) is 8.16. The molecule has 2 unspecified atom stereocenters. The third-order valence-corrected chi connectivity index (χ3v) is 4.40. The van der Waals surface area contributed by atoms with Crippen molar-refractivity contribution < 1.29 is 0 Å². The van der Waals surface area contributed by atoms with Crippen LogP contribution in [0, 0.1) is 5.92 Å². The van der Waals surface area contributed by atoms with Crippen molar-refractivity contribution in [2.75, 3.05) is 0 Å². The molecule has 0 bridgehead atoms. The minimum absolute atomic E-state index is 0.626. The van der Waals surface area contributed by atoms with E-state index < -0.39 is 0 Å². The van der Waals surface area contributed by atoms with Crippen LogP contribution in [0.15, 0.2) is 18.2 Å². The molecule has 2 atom stereocenters. The standard InChI is InChI=1S/C14H19Cl2N/c1-10-4-2-3-5-14(10)17-9-11-6-7-12(15)13(16)8-11/h6-8,10,14,17H,2-5,9H2,1H3. The zero-order chi connectivity index (χ0) is 12.3. The van der Waals surface area contributed by atoms with Gasteiger partial charge >= 0.3 is 0 Å². The van der Waals surface area contributed by atoms with Crippen molar-refractivity contribution in [1.82, 2.24) is 5.32 Å². The number of benzene rings is 1. The van der Waals surface area contributed by atoms with Gasteiger partial charge in [-0.1, -0.05) is 49.0 Å². The zero-order valence-corrected chi connectivity index (χ0v) is 11.7. The first kappa shape index (κ1) is 13.2. The molecule has 2 rings (SSSR count). The summed E-state index contributed by atoms with van der Waals surface area (Å²) in [6.07, 6.45) is 5.37. The van der Waals surface area contributed by atoms with E-state index in [9.17, 15) is 0 Å². The summed E-state index contributed by atoms with van der Waals surface area (Å²) in [6, 6.07) is 6.50. The molecule has 0 amide bonds. The molecule has 1 aromatic rings. The summed E-state index contributed by atoms with van der Waals surface area (Å²) in [4.78, 5) is 0. The van der Waals surface area contributed by atoms with Crippen LogP contribution in [0.5, 0.6) is 0 Å². The Balaban J connectivity index is 1.90. The Morgan fingerprint density at radius 3 is 2.65 bits per heavy atom. The number of hydrogen-bond acceptors (Lipinski definition) is 1.